The minimum atomic E-state index is -0.941. The lowest BCUT2D eigenvalue weighted by Gasteiger charge is -2.20. The Morgan fingerprint density at radius 2 is 1.97 bits per heavy atom. The van der Waals surface area contributed by atoms with Crippen LogP contribution in [-0.2, 0) is 23.1 Å². The van der Waals surface area contributed by atoms with Crippen LogP contribution in [0.4, 0.5) is 11.5 Å². The Labute approximate surface area is 175 Å². The summed E-state index contributed by atoms with van der Waals surface area (Å²) in [5.74, 6) is 0.608. The number of carbonyl (C=O) groups is 1. The number of aryl methyl sites for hydroxylation is 1. The first-order valence-electron chi connectivity index (χ1n) is 9.52. The minimum Gasteiger partial charge on any atom is -0.481 e. The number of aromatic nitrogens is 2. The number of rotatable bonds is 8. The van der Waals surface area contributed by atoms with Crippen molar-refractivity contribution in [2.45, 2.75) is 39.0 Å². The number of nitrogens with zero attached hydrogens (tertiary/aromatic N) is 2. The molecule has 0 saturated heterocycles. The molecule has 0 bridgehead atoms. The number of anilines is 2. The third kappa shape index (κ3) is 4.38. The molecule has 0 amide bonds. The molecule has 0 aliphatic rings. The average Bonchev–Trinajstić information content (AvgIpc) is 3.24. The van der Waals surface area contributed by atoms with Crippen molar-refractivity contribution in [2.75, 3.05) is 5.32 Å². The molecule has 0 aliphatic carbocycles. The molecule has 2 N–H and O–H groups in total. The van der Waals surface area contributed by atoms with Crippen molar-refractivity contribution in [1.82, 2.24) is 9.97 Å². The van der Waals surface area contributed by atoms with E-state index in [1.54, 1.807) is 25.2 Å². The summed E-state index contributed by atoms with van der Waals surface area (Å²) in [6.07, 6.45) is 3.32. The maximum absolute atomic E-state index is 11.5. The number of hydrogen-bond acceptors (Lipinski definition) is 5. The zero-order chi connectivity index (χ0) is 21.0. The lowest BCUT2D eigenvalue weighted by Crippen LogP contribution is -2.28. The van der Waals surface area contributed by atoms with Crippen LogP contribution >= 0.6 is 11.3 Å². The van der Waals surface area contributed by atoms with E-state index in [-0.39, 0.29) is 0 Å². The molecule has 0 spiro atoms. The highest BCUT2D eigenvalue weighted by atomic mass is 32.1. The summed E-state index contributed by atoms with van der Waals surface area (Å²) in [6.45, 7) is 9.35. The summed E-state index contributed by atoms with van der Waals surface area (Å²) < 4.78 is 0. The maximum atomic E-state index is 11.5. The van der Waals surface area contributed by atoms with E-state index in [2.05, 4.69) is 18.8 Å². The molecular formula is C23H25N3O2S. The van der Waals surface area contributed by atoms with Gasteiger partial charge in [-0.3, -0.25) is 4.79 Å². The highest BCUT2D eigenvalue weighted by Gasteiger charge is 2.29. The molecule has 3 rings (SSSR count). The van der Waals surface area contributed by atoms with Crippen LogP contribution in [0.3, 0.4) is 0 Å². The first kappa shape index (κ1) is 20.7. The van der Waals surface area contributed by atoms with Gasteiger partial charge in [-0.1, -0.05) is 31.2 Å². The second kappa shape index (κ2) is 8.57. The summed E-state index contributed by atoms with van der Waals surface area (Å²) in [4.78, 5) is 22.1. The SMILES string of the molecule is C=CCc1c(CC)nc(-c2cccs2)nc1Nc1ccc(C(C)(C)C(=O)O)cc1. The standard InChI is InChI=1S/C23H25N3O2S/c1-5-8-17-18(6-2)25-21(19-9-7-14-29-19)26-20(17)24-16-12-10-15(11-13-16)23(3,4)22(27)28/h5,7,9-14H,1,6,8H2,2-4H3,(H,27,28)(H,24,25,26). The molecule has 5 nitrogen and oxygen atoms in total. The molecule has 3 aromatic rings. The molecule has 0 unspecified atom stereocenters. The fourth-order valence-corrected chi connectivity index (χ4v) is 3.69. The Morgan fingerprint density at radius 1 is 1.24 bits per heavy atom. The first-order valence-corrected chi connectivity index (χ1v) is 10.4. The fraction of sp³-hybridized carbons (Fsp3) is 0.261. The molecule has 2 heterocycles. The predicted octanol–water partition coefficient (Wildman–Crippen LogP) is 5.60. The normalized spacial score (nSPS) is 11.3. The third-order valence-corrected chi connectivity index (χ3v) is 5.79. The molecule has 29 heavy (non-hydrogen) atoms. The van der Waals surface area contributed by atoms with Crippen molar-refractivity contribution >= 4 is 28.8 Å². The average molecular weight is 408 g/mol. The second-order valence-corrected chi connectivity index (χ2v) is 8.22. The largest absolute Gasteiger partial charge is 0.481 e. The zero-order valence-electron chi connectivity index (χ0n) is 16.9. The van der Waals surface area contributed by atoms with Gasteiger partial charge < -0.3 is 10.4 Å². The highest BCUT2D eigenvalue weighted by Crippen LogP contribution is 2.30. The van der Waals surface area contributed by atoms with Gasteiger partial charge in [0.1, 0.15) is 5.82 Å². The number of carboxylic acids is 1. The number of aliphatic carboxylic acids is 1. The van der Waals surface area contributed by atoms with Gasteiger partial charge in [0.25, 0.3) is 0 Å². The van der Waals surface area contributed by atoms with Crippen molar-refractivity contribution in [3.05, 3.63) is 71.3 Å². The van der Waals surface area contributed by atoms with E-state index in [4.69, 9.17) is 9.97 Å². The smallest absolute Gasteiger partial charge is 0.313 e. The number of benzene rings is 1. The van der Waals surface area contributed by atoms with Crippen LogP contribution < -0.4 is 5.32 Å². The minimum absolute atomic E-state index is 0.667. The first-order chi connectivity index (χ1) is 13.9. The Bertz CT molecular complexity index is 1010. The monoisotopic (exact) mass is 407 g/mol. The summed E-state index contributed by atoms with van der Waals surface area (Å²) in [7, 11) is 0. The number of nitrogens with one attached hydrogen (secondary N) is 1. The van der Waals surface area contributed by atoms with Gasteiger partial charge in [-0.25, -0.2) is 9.97 Å². The lowest BCUT2D eigenvalue weighted by molar-refractivity contribution is -0.142. The summed E-state index contributed by atoms with van der Waals surface area (Å²) >= 11 is 1.61. The van der Waals surface area contributed by atoms with Gasteiger partial charge in [-0.2, -0.15) is 0 Å². The van der Waals surface area contributed by atoms with E-state index >= 15 is 0 Å². The number of allylic oxidation sites excluding steroid dienone is 1. The second-order valence-electron chi connectivity index (χ2n) is 7.28. The Balaban J connectivity index is 2.00. The van der Waals surface area contributed by atoms with Crippen LogP contribution in [0.5, 0.6) is 0 Å². The van der Waals surface area contributed by atoms with E-state index in [0.717, 1.165) is 39.6 Å². The molecular weight excluding hydrogens is 382 g/mol. The van der Waals surface area contributed by atoms with Gasteiger partial charge in [0.15, 0.2) is 5.82 Å². The lowest BCUT2D eigenvalue weighted by atomic mass is 9.85. The number of carboxylic acid groups (broad SMARTS) is 1. The molecule has 0 aliphatic heterocycles. The van der Waals surface area contributed by atoms with E-state index in [1.165, 1.54) is 0 Å². The molecule has 150 valence electrons. The molecule has 6 heteroatoms. The Kier molecular flexibility index (Phi) is 6.13. The predicted molar refractivity (Wildman–Crippen MR) is 119 cm³/mol. The molecule has 0 radical (unpaired) electrons. The van der Waals surface area contributed by atoms with Crippen LogP contribution in [0, 0.1) is 0 Å². The maximum Gasteiger partial charge on any atom is 0.313 e. The van der Waals surface area contributed by atoms with Gasteiger partial charge in [0, 0.05) is 16.9 Å². The van der Waals surface area contributed by atoms with Crippen molar-refractivity contribution in [2.24, 2.45) is 0 Å². The molecule has 0 fully saturated rings. The molecule has 1 aromatic carbocycles. The van der Waals surface area contributed by atoms with Crippen LogP contribution in [0.15, 0.2) is 54.4 Å². The van der Waals surface area contributed by atoms with Crippen LogP contribution in [-0.4, -0.2) is 21.0 Å². The Hall–Kier alpha value is -2.99. The van der Waals surface area contributed by atoms with Crippen molar-refractivity contribution in [3.8, 4) is 10.7 Å². The fourth-order valence-electron chi connectivity index (χ4n) is 3.03. The third-order valence-electron chi connectivity index (χ3n) is 4.92. The van der Waals surface area contributed by atoms with Gasteiger partial charge in [-0.15, -0.1) is 17.9 Å². The topological polar surface area (TPSA) is 75.1 Å². The van der Waals surface area contributed by atoms with Crippen LogP contribution in [0.1, 0.15) is 37.6 Å². The van der Waals surface area contributed by atoms with Gasteiger partial charge in [0.2, 0.25) is 0 Å². The summed E-state index contributed by atoms with van der Waals surface area (Å²) in [6, 6.07) is 11.5. The zero-order valence-corrected chi connectivity index (χ0v) is 17.7. The van der Waals surface area contributed by atoms with Crippen LogP contribution in [0.25, 0.3) is 10.7 Å². The van der Waals surface area contributed by atoms with E-state index in [0.29, 0.717) is 12.2 Å². The highest BCUT2D eigenvalue weighted by molar-refractivity contribution is 7.13. The molecule has 0 saturated carbocycles. The van der Waals surface area contributed by atoms with Gasteiger partial charge in [-0.05, 0) is 55.8 Å². The molecule has 2 aromatic heterocycles. The molecule has 0 atom stereocenters. The number of thiophene rings is 1. The van der Waals surface area contributed by atoms with Crippen molar-refractivity contribution < 1.29 is 9.90 Å². The van der Waals surface area contributed by atoms with Gasteiger partial charge in [0.05, 0.1) is 10.3 Å². The van der Waals surface area contributed by atoms with E-state index < -0.39 is 11.4 Å². The quantitative estimate of drug-likeness (QED) is 0.475. The van der Waals surface area contributed by atoms with Gasteiger partial charge >= 0.3 is 5.97 Å². The summed E-state index contributed by atoms with van der Waals surface area (Å²) in [5.41, 5.74) is 2.67. The van der Waals surface area contributed by atoms with E-state index in [9.17, 15) is 9.90 Å². The van der Waals surface area contributed by atoms with Crippen molar-refractivity contribution in [1.29, 1.82) is 0 Å². The number of hydrogen-bond donors (Lipinski definition) is 2. The van der Waals surface area contributed by atoms with Crippen LogP contribution in [0.2, 0.25) is 0 Å². The summed E-state index contributed by atoms with van der Waals surface area (Å²) in [5, 5.41) is 14.8. The Morgan fingerprint density at radius 3 is 2.52 bits per heavy atom. The van der Waals surface area contributed by atoms with E-state index in [1.807, 2.05) is 47.9 Å². The van der Waals surface area contributed by atoms with Crippen molar-refractivity contribution in [3.63, 3.8) is 0 Å².